The van der Waals surface area contributed by atoms with Crippen molar-refractivity contribution in [2.24, 2.45) is 10.9 Å². The molecule has 0 aromatic heterocycles. The van der Waals surface area contributed by atoms with Crippen molar-refractivity contribution in [2.45, 2.75) is 19.4 Å². The Morgan fingerprint density at radius 1 is 1.56 bits per heavy atom. The second-order valence-electron chi connectivity index (χ2n) is 2.24. The lowest BCUT2D eigenvalue weighted by Crippen LogP contribution is -2.33. The summed E-state index contributed by atoms with van der Waals surface area (Å²) in [5.41, 5.74) is 5.13. The van der Waals surface area contributed by atoms with E-state index in [1.807, 2.05) is 13.8 Å². The Hall–Kier alpha value is -0.280. The minimum Gasteiger partial charge on any atom is -0.399 e. The van der Waals surface area contributed by atoms with Crippen molar-refractivity contribution in [1.82, 2.24) is 0 Å². The van der Waals surface area contributed by atoms with E-state index in [0.717, 1.165) is 0 Å². The fourth-order valence-electron chi connectivity index (χ4n) is 0.189. The van der Waals surface area contributed by atoms with Crippen LogP contribution in [0.3, 0.4) is 0 Å². The maximum absolute atomic E-state index is 5.49. The summed E-state index contributed by atoms with van der Waals surface area (Å²) in [5, 5.41) is 3.49. The lowest BCUT2D eigenvalue weighted by molar-refractivity contribution is 0.213. The highest BCUT2D eigenvalue weighted by atomic mass is 35.5. The summed E-state index contributed by atoms with van der Waals surface area (Å²) < 4.78 is 0. The Morgan fingerprint density at radius 2 is 2.00 bits per heavy atom. The maximum Gasteiger partial charge on any atom is 0.106 e. The van der Waals surface area contributed by atoms with Gasteiger partial charge in [0, 0.05) is 5.54 Å². The summed E-state index contributed by atoms with van der Waals surface area (Å²) in [6.45, 7) is 3.69. The molecule has 0 aromatic rings. The molecule has 9 heavy (non-hydrogen) atoms. The van der Waals surface area contributed by atoms with Gasteiger partial charge in [0.1, 0.15) is 7.11 Å². The van der Waals surface area contributed by atoms with E-state index in [9.17, 15) is 0 Å². The predicted molar refractivity (Wildman–Crippen MR) is 41.0 cm³/mol. The van der Waals surface area contributed by atoms with Crippen molar-refractivity contribution >= 4 is 18.6 Å². The summed E-state index contributed by atoms with van der Waals surface area (Å²) in [6, 6.07) is 0. The minimum atomic E-state index is -0.365. The van der Waals surface area contributed by atoms with Gasteiger partial charge in [0.15, 0.2) is 0 Å². The van der Waals surface area contributed by atoms with Crippen LogP contribution in [-0.2, 0) is 4.84 Å². The van der Waals surface area contributed by atoms with Crippen LogP contribution in [-0.4, -0.2) is 18.9 Å². The Balaban J connectivity index is 0. The van der Waals surface area contributed by atoms with Crippen LogP contribution in [0.5, 0.6) is 0 Å². The van der Waals surface area contributed by atoms with Crippen molar-refractivity contribution in [3.8, 4) is 0 Å². The smallest absolute Gasteiger partial charge is 0.106 e. The van der Waals surface area contributed by atoms with Crippen molar-refractivity contribution in [3.05, 3.63) is 0 Å². The van der Waals surface area contributed by atoms with Gasteiger partial charge in [-0.25, -0.2) is 0 Å². The van der Waals surface area contributed by atoms with E-state index in [4.69, 9.17) is 5.73 Å². The van der Waals surface area contributed by atoms with E-state index in [2.05, 4.69) is 9.99 Å². The van der Waals surface area contributed by atoms with E-state index in [0.29, 0.717) is 0 Å². The van der Waals surface area contributed by atoms with Gasteiger partial charge in [-0.05, 0) is 13.8 Å². The molecule has 0 unspecified atom stereocenters. The van der Waals surface area contributed by atoms with E-state index < -0.39 is 0 Å². The molecule has 0 amide bonds. The molecule has 0 aliphatic carbocycles. The molecule has 0 saturated carbocycles. The number of oxime groups is 1. The topological polar surface area (TPSA) is 47.6 Å². The monoisotopic (exact) mass is 152 g/mol. The molecular weight excluding hydrogens is 140 g/mol. The zero-order valence-electron chi connectivity index (χ0n) is 5.92. The van der Waals surface area contributed by atoms with Crippen molar-refractivity contribution in [2.75, 3.05) is 7.11 Å². The molecule has 0 rings (SSSR count). The molecule has 56 valence electrons. The zero-order chi connectivity index (χ0) is 6.62. The Morgan fingerprint density at radius 3 is 2.11 bits per heavy atom. The molecule has 0 aliphatic rings. The molecule has 0 fully saturated rings. The first kappa shape index (κ1) is 11.5. The van der Waals surface area contributed by atoms with Gasteiger partial charge in [0.2, 0.25) is 0 Å². The van der Waals surface area contributed by atoms with Crippen LogP contribution in [0, 0.1) is 0 Å². The number of hydrogen-bond acceptors (Lipinski definition) is 3. The van der Waals surface area contributed by atoms with Gasteiger partial charge < -0.3 is 10.6 Å². The summed E-state index contributed by atoms with van der Waals surface area (Å²) >= 11 is 0. The summed E-state index contributed by atoms with van der Waals surface area (Å²) in [5.74, 6) is 0. The van der Waals surface area contributed by atoms with Crippen LogP contribution in [0.25, 0.3) is 0 Å². The van der Waals surface area contributed by atoms with Gasteiger partial charge in [-0.15, -0.1) is 12.4 Å². The van der Waals surface area contributed by atoms with Gasteiger partial charge in [-0.2, -0.15) is 0 Å². The van der Waals surface area contributed by atoms with E-state index >= 15 is 0 Å². The zero-order valence-corrected chi connectivity index (χ0v) is 6.73. The molecule has 0 atom stereocenters. The van der Waals surface area contributed by atoms with Crippen LogP contribution in [0.1, 0.15) is 13.8 Å². The molecule has 4 heteroatoms. The SMILES string of the molecule is CON=CC(C)(C)N.Cl. The van der Waals surface area contributed by atoms with Crippen LogP contribution in [0.2, 0.25) is 0 Å². The lowest BCUT2D eigenvalue weighted by Gasteiger charge is -2.08. The molecule has 2 N–H and O–H groups in total. The highest BCUT2D eigenvalue weighted by Gasteiger charge is 2.04. The standard InChI is InChI=1S/C5H12N2O.ClH/c1-5(2,6)4-7-8-3;/h4H,6H2,1-3H3;1H. The third-order valence-electron chi connectivity index (χ3n) is 0.491. The van der Waals surface area contributed by atoms with Crippen LogP contribution in [0.15, 0.2) is 5.16 Å². The number of nitrogens with zero attached hydrogens (tertiary/aromatic N) is 1. The van der Waals surface area contributed by atoms with Gasteiger partial charge in [0.25, 0.3) is 0 Å². The highest BCUT2D eigenvalue weighted by Crippen LogP contribution is 1.89. The van der Waals surface area contributed by atoms with Gasteiger partial charge in [-0.1, -0.05) is 5.16 Å². The Bertz CT molecular complexity index is 87.4. The summed E-state index contributed by atoms with van der Waals surface area (Å²) in [4.78, 5) is 4.41. The fraction of sp³-hybridized carbons (Fsp3) is 0.800. The highest BCUT2D eigenvalue weighted by molar-refractivity contribution is 5.85. The normalized spacial score (nSPS) is 11.1. The van der Waals surface area contributed by atoms with Gasteiger partial charge in [-0.3, -0.25) is 0 Å². The largest absolute Gasteiger partial charge is 0.399 e. The number of nitrogens with two attached hydrogens (primary N) is 1. The third kappa shape index (κ3) is 11.3. The van der Waals surface area contributed by atoms with Crippen molar-refractivity contribution < 1.29 is 4.84 Å². The average Bonchev–Trinajstić information content (AvgIpc) is 1.59. The first-order valence-electron chi connectivity index (χ1n) is 2.43. The lowest BCUT2D eigenvalue weighted by atomic mass is 10.1. The molecule has 0 aliphatic heterocycles. The number of rotatable bonds is 2. The van der Waals surface area contributed by atoms with Gasteiger partial charge >= 0.3 is 0 Å². The first-order chi connectivity index (χ1) is 3.56. The van der Waals surface area contributed by atoms with Crippen molar-refractivity contribution in [3.63, 3.8) is 0 Å². The van der Waals surface area contributed by atoms with Gasteiger partial charge in [0.05, 0.1) is 6.21 Å². The number of halogens is 1. The van der Waals surface area contributed by atoms with Crippen LogP contribution < -0.4 is 5.73 Å². The van der Waals surface area contributed by atoms with Crippen LogP contribution in [0.4, 0.5) is 0 Å². The average molecular weight is 153 g/mol. The molecule has 0 bridgehead atoms. The molecule has 0 heterocycles. The van der Waals surface area contributed by atoms with E-state index in [1.54, 1.807) is 6.21 Å². The Kier molecular flexibility index (Phi) is 5.86. The minimum absolute atomic E-state index is 0. The first-order valence-corrected chi connectivity index (χ1v) is 2.43. The second kappa shape index (κ2) is 4.58. The number of hydrogen-bond donors (Lipinski definition) is 1. The third-order valence-corrected chi connectivity index (χ3v) is 0.491. The van der Waals surface area contributed by atoms with Crippen LogP contribution >= 0.6 is 12.4 Å². The molecule has 0 saturated heterocycles. The van der Waals surface area contributed by atoms with E-state index in [1.165, 1.54) is 7.11 Å². The van der Waals surface area contributed by atoms with Crippen molar-refractivity contribution in [1.29, 1.82) is 0 Å². The molecule has 0 aromatic carbocycles. The summed E-state index contributed by atoms with van der Waals surface area (Å²) in [7, 11) is 1.49. The molecule has 0 spiro atoms. The molecular formula is C5H13ClN2O. The fourth-order valence-corrected chi connectivity index (χ4v) is 0.189. The summed E-state index contributed by atoms with van der Waals surface area (Å²) in [6.07, 6.45) is 1.55. The predicted octanol–water partition coefficient (Wildman–Crippen LogP) is 0.778. The van der Waals surface area contributed by atoms with E-state index in [-0.39, 0.29) is 17.9 Å². The second-order valence-corrected chi connectivity index (χ2v) is 2.24. The maximum atomic E-state index is 5.49. The quantitative estimate of drug-likeness (QED) is 0.470. The Labute approximate surface area is 61.7 Å². The molecule has 0 radical (unpaired) electrons. The molecule has 3 nitrogen and oxygen atoms in total.